The summed E-state index contributed by atoms with van der Waals surface area (Å²) in [6.07, 6.45) is 1.37. The summed E-state index contributed by atoms with van der Waals surface area (Å²) in [6.45, 7) is 3.11. The van der Waals surface area contributed by atoms with Gasteiger partial charge in [-0.05, 0) is 12.0 Å². The Morgan fingerprint density at radius 1 is 0.923 bits per heavy atom. The van der Waals surface area contributed by atoms with Crippen molar-refractivity contribution in [3.05, 3.63) is 54.1 Å². The van der Waals surface area contributed by atoms with E-state index in [1.807, 2.05) is 41.3 Å². The molecule has 0 unspecified atom stereocenters. The van der Waals surface area contributed by atoms with Gasteiger partial charge in [0.2, 0.25) is 5.91 Å². The zero-order valence-electron chi connectivity index (χ0n) is 15.5. The van der Waals surface area contributed by atoms with Crippen LogP contribution < -0.4 is 14.4 Å². The van der Waals surface area contributed by atoms with Gasteiger partial charge in [-0.3, -0.25) is 4.79 Å². The van der Waals surface area contributed by atoms with E-state index in [-0.39, 0.29) is 5.91 Å². The molecule has 26 heavy (non-hydrogen) atoms. The highest BCUT2D eigenvalue weighted by Gasteiger charge is 2.21. The highest BCUT2D eigenvalue weighted by molar-refractivity contribution is 5.76. The van der Waals surface area contributed by atoms with Gasteiger partial charge in [-0.1, -0.05) is 30.3 Å². The standard InChI is InChI=1S/C21H26N2O3/c1-25-19-14-18(15-20(16-19)26-2)22-10-12-23(13-11-22)21(24)9-8-17-6-4-3-5-7-17/h3-7,14-16H,8-13H2,1-2H3. The summed E-state index contributed by atoms with van der Waals surface area (Å²) in [5.41, 5.74) is 2.28. The number of hydrogen-bond acceptors (Lipinski definition) is 4. The molecule has 0 spiro atoms. The molecule has 0 radical (unpaired) electrons. The zero-order chi connectivity index (χ0) is 18.4. The van der Waals surface area contributed by atoms with E-state index in [4.69, 9.17) is 9.47 Å². The average molecular weight is 354 g/mol. The minimum absolute atomic E-state index is 0.233. The quantitative estimate of drug-likeness (QED) is 0.800. The lowest BCUT2D eigenvalue weighted by Crippen LogP contribution is -2.48. The molecule has 2 aromatic rings. The Morgan fingerprint density at radius 3 is 2.12 bits per heavy atom. The van der Waals surface area contributed by atoms with Crippen LogP contribution in [0.3, 0.4) is 0 Å². The van der Waals surface area contributed by atoms with Gasteiger partial charge in [0.25, 0.3) is 0 Å². The first kappa shape index (κ1) is 18.1. The molecule has 1 fully saturated rings. The Balaban J connectivity index is 1.54. The van der Waals surface area contributed by atoms with Crippen molar-refractivity contribution in [2.75, 3.05) is 45.3 Å². The van der Waals surface area contributed by atoms with Gasteiger partial charge in [0, 0.05) is 56.5 Å². The molecule has 1 aliphatic heterocycles. The fourth-order valence-corrected chi connectivity index (χ4v) is 3.24. The van der Waals surface area contributed by atoms with E-state index in [2.05, 4.69) is 17.0 Å². The van der Waals surface area contributed by atoms with Crippen LogP contribution in [0.15, 0.2) is 48.5 Å². The fourth-order valence-electron chi connectivity index (χ4n) is 3.24. The average Bonchev–Trinajstić information content (AvgIpc) is 2.72. The summed E-state index contributed by atoms with van der Waals surface area (Å²) >= 11 is 0. The fraction of sp³-hybridized carbons (Fsp3) is 0.381. The van der Waals surface area contributed by atoms with Crippen LogP contribution >= 0.6 is 0 Å². The van der Waals surface area contributed by atoms with Gasteiger partial charge in [-0.2, -0.15) is 0 Å². The first-order valence-electron chi connectivity index (χ1n) is 8.99. The molecule has 1 heterocycles. The third-order valence-electron chi connectivity index (χ3n) is 4.80. The molecule has 2 aromatic carbocycles. The molecular weight excluding hydrogens is 328 g/mol. The molecule has 0 aliphatic carbocycles. The molecule has 5 heteroatoms. The smallest absolute Gasteiger partial charge is 0.223 e. The molecule has 1 amide bonds. The maximum Gasteiger partial charge on any atom is 0.223 e. The lowest BCUT2D eigenvalue weighted by molar-refractivity contribution is -0.131. The minimum atomic E-state index is 0.233. The third kappa shape index (κ3) is 4.48. The van der Waals surface area contributed by atoms with E-state index in [0.717, 1.165) is 49.8 Å². The number of ether oxygens (including phenoxy) is 2. The number of aryl methyl sites for hydroxylation is 1. The molecule has 0 bridgehead atoms. The molecule has 0 saturated carbocycles. The highest BCUT2D eigenvalue weighted by atomic mass is 16.5. The Labute approximate surface area is 155 Å². The summed E-state index contributed by atoms with van der Waals surface area (Å²) in [5, 5.41) is 0. The zero-order valence-corrected chi connectivity index (χ0v) is 15.5. The summed E-state index contributed by atoms with van der Waals surface area (Å²) in [7, 11) is 3.31. The summed E-state index contributed by atoms with van der Waals surface area (Å²) in [4.78, 5) is 16.7. The van der Waals surface area contributed by atoms with Crippen molar-refractivity contribution >= 4 is 11.6 Å². The molecule has 5 nitrogen and oxygen atoms in total. The van der Waals surface area contributed by atoms with E-state index in [1.54, 1.807) is 14.2 Å². The molecule has 0 atom stereocenters. The second-order valence-electron chi connectivity index (χ2n) is 6.42. The molecule has 138 valence electrons. The van der Waals surface area contributed by atoms with Crippen LogP contribution in [-0.2, 0) is 11.2 Å². The second kappa shape index (κ2) is 8.61. The summed E-state index contributed by atoms with van der Waals surface area (Å²) < 4.78 is 10.7. The highest BCUT2D eigenvalue weighted by Crippen LogP contribution is 2.29. The van der Waals surface area contributed by atoms with Crippen molar-refractivity contribution in [3.8, 4) is 11.5 Å². The molecule has 0 N–H and O–H groups in total. The Bertz CT molecular complexity index is 703. The van der Waals surface area contributed by atoms with E-state index >= 15 is 0 Å². The predicted octanol–water partition coefficient (Wildman–Crippen LogP) is 2.99. The largest absolute Gasteiger partial charge is 0.497 e. The number of amides is 1. The van der Waals surface area contributed by atoms with Crippen molar-refractivity contribution in [1.82, 2.24) is 4.90 Å². The number of nitrogens with zero attached hydrogens (tertiary/aromatic N) is 2. The van der Waals surface area contributed by atoms with Crippen LogP contribution in [0.2, 0.25) is 0 Å². The van der Waals surface area contributed by atoms with Gasteiger partial charge < -0.3 is 19.3 Å². The van der Waals surface area contributed by atoms with Crippen LogP contribution in [0, 0.1) is 0 Å². The number of benzene rings is 2. The molecule has 1 saturated heterocycles. The van der Waals surface area contributed by atoms with Gasteiger partial charge in [-0.25, -0.2) is 0 Å². The Kier molecular flexibility index (Phi) is 6.00. The van der Waals surface area contributed by atoms with Crippen LogP contribution in [0.25, 0.3) is 0 Å². The number of carbonyl (C=O) groups is 1. The van der Waals surface area contributed by atoms with Crippen molar-refractivity contribution < 1.29 is 14.3 Å². The molecule has 3 rings (SSSR count). The first-order chi connectivity index (χ1) is 12.7. The Hall–Kier alpha value is -2.69. The van der Waals surface area contributed by atoms with E-state index in [9.17, 15) is 4.79 Å². The number of carbonyl (C=O) groups excluding carboxylic acids is 1. The predicted molar refractivity (Wildman–Crippen MR) is 103 cm³/mol. The Morgan fingerprint density at radius 2 is 1.54 bits per heavy atom. The number of hydrogen-bond donors (Lipinski definition) is 0. The van der Waals surface area contributed by atoms with Crippen LogP contribution in [0.4, 0.5) is 5.69 Å². The van der Waals surface area contributed by atoms with Gasteiger partial charge in [-0.15, -0.1) is 0 Å². The van der Waals surface area contributed by atoms with Crippen molar-refractivity contribution in [3.63, 3.8) is 0 Å². The SMILES string of the molecule is COc1cc(OC)cc(N2CCN(C(=O)CCc3ccccc3)CC2)c1. The van der Waals surface area contributed by atoms with Crippen molar-refractivity contribution in [2.24, 2.45) is 0 Å². The maximum absolute atomic E-state index is 12.5. The minimum Gasteiger partial charge on any atom is -0.497 e. The first-order valence-corrected chi connectivity index (χ1v) is 8.99. The van der Waals surface area contributed by atoms with Gasteiger partial charge in [0.15, 0.2) is 0 Å². The monoisotopic (exact) mass is 354 g/mol. The normalized spacial score (nSPS) is 14.2. The van der Waals surface area contributed by atoms with Crippen molar-refractivity contribution in [2.45, 2.75) is 12.8 Å². The number of anilines is 1. The molecular formula is C21H26N2O3. The molecule has 1 aliphatic rings. The van der Waals surface area contributed by atoms with Crippen LogP contribution in [-0.4, -0.2) is 51.2 Å². The number of rotatable bonds is 6. The van der Waals surface area contributed by atoms with Gasteiger partial charge in [0.05, 0.1) is 14.2 Å². The lowest BCUT2D eigenvalue weighted by atomic mass is 10.1. The van der Waals surface area contributed by atoms with E-state index < -0.39 is 0 Å². The van der Waals surface area contributed by atoms with Crippen molar-refractivity contribution in [1.29, 1.82) is 0 Å². The summed E-state index contributed by atoms with van der Waals surface area (Å²) in [5.74, 6) is 1.79. The van der Waals surface area contributed by atoms with E-state index in [1.165, 1.54) is 5.56 Å². The summed E-state index contributed by atoms with van der Waals surface area (Å²) in [6, 6.07) is 16.1. The topological polar surface area (TPSA) is 42.0 Å². The lowest BCUT2D eigenvalue weighted by Gasteiger charge is -2.36. The maximum atomic E-state index is 12.5. The second-order valence-corrected chi connectivity index (χ2v) is 6.42. The van der Waals surface area contributed by atoms with Gasteiger partial charge in [0.1, 0.15) is 11.5 Å². The molecule has 0 aromatic heterocycles. The van der Waals surface area contributed by atoms with E-state index in [0.29, 0.717) is 6.42 Å². The number of methoxy groups -OCH3 is 2. The third-order valence-corrected chi connectivity index (χ3v) is 4.80. The van der Waals surface area contributed by atoms with Crippen LogP contribution in [0.5, 0.6) is 11.5 Å². The number of piperazine rings is 1. The van der Waals surface area contributed by atoms with Crippen LogP contribution in [0.1, 0.15) is 12.0 Å². The van der Waals surface area contributed by atoms with Gasteiger partial charge >= 0.3 is 0 Å².